The summed E-state index contributed by atoms with van der Waals surface area (Å²) in [6, 6.07) is 11.9. The summed E-state index contributed by atoms with van der Waals surface area (Å²) < 4.78 is 1.74. The van der Waals surface area contributed by atoms with Crippen molar-refractivity contribution in [3.63, 3.8) is 0 Å². The van der Waals surface area contributed by atoms with Crippen LogP contribution >= 0.6 is 11.8 Å². The number of thioether (sulfide) groups is 1. The molecule has 1 aliphatic rings. The van der Waals surface area contributed by atoms with Gasteiger partial charge in [0.25, 0.3) is 0 Å². The fraction of sp³-hybridized carbons (Fsp3) is 0.286. The monoisotopic (exact) mass is 379 g/mol. The topological polar surface area (TPSA) is 68.0 Å². The average Bonchev–Trinajstić information content (AvgIpc) is 3.25. The molecule has 0 spiro atoms. The van der Waals surface area contributed by atoms with E-state index in [9.17, 15) is 9.90 Å². The summed E-state index contributed by atoms with van der Waals surface area (Å²) in [5, 5.41) is 14.9. The van der Waals surface area contributed by atoms with E-state index in [4.69, 9.17) is 0 Å². The van der Waals surface area contributed by atoms with Crippen molar-refractivity contribution >= 4 is 16.9 Å². The maximum Gasteiger partial charge on any atom is 0.198 e. The van der Waals surface area contributed by atoms with E-state index in [1.54, 1.807) is 24.7 Å². The normalized spacial score (nSPS) is 15.0. The van der Waals surface area contributed by atoms with Crippen LogP contribution in [0.2, 0.25) is 0 Å². The van der Waals surface area contributed by atoms with Gasteiger partial charge in [0.15, 0.2) is 10.9 Å². The summed E-state index contributed by atoms with van der Waals surface area (Å²) in [6.45, 7) is 5.58. The predicted octanol–water partition coefficient (Wildman–Crippen LogP) is 3.82. The van der Waals surface area contributed by atoms with Gasteiger partial charge >= 0.3 is 0 Å². The van der Waals surface area contributed by atoms with Gasteiger partial charge in [-0.3, -0.25) is 4.79 Å². The molecule has 1 aliphatic heterocycles. The average molecular weight is 379 g/mol. The Balaban J connectivity index is 1.57. The number of pyridine rings is 1. The maximum atomic E-state index is 11.6. The van der Waals surface area contributed by atoms with Gasteiger partial charge in [-0.25, -0.2) is 9.67 Å². The van der Waals surface area contributed by atoms with Crippen molar-refractivity contribution in [1.82, 2.24) is 14.8 Å². The predicted molar refractivity (Wildman–Crippen MR) is 105 cm³/mol. The third-order valence-corrected chi connectivity index (χ3v) is 5.86. The molecule has 6 heteroatoms. The molecule has 0 bridgehead atoms. The van der Waals surface area contributed by atoms with Gasteiger partial charge < -0.3 is 5.11 Å². The molecule has 0 amide bonds. The van der Waals surface area contributed by atoms with Crippen molar-refractivity contribution in [3.8, 4) is 5.82 Å². The number of rotatable bonds is 4. The van der Waals surface area contributed by atoms with Gasteiger partial charge in [-0.2, -0.15) is 5.10 Å². The molecule has 1 N–H and O–H groups in total. The van der Waals surface area contributed by atoms with Gasteiger partial charge in [0.1, 0.15) is 0 Å². The van der Waals surface area contributed by atoms with Crippen LogP contribution in [0.5, 0.6) is 0 Å². The highest BCUT2D eigenvalue weighted by Gasteiger charge is 2.22. The van der Waals surface area contributed by atoms with Crippen molar-refractivity contribution in [3.05, 3.63) is 71.2 Å². The molecule has 1 unspecified atom stereocenters. The van der Waals surface area contributed by atoms with Gasteiger partial charge in [0, 0.05) is 35.2 Å². The number of benzene rings is 1. The number of fused-ring (bicyclic) bond motifs is 1. The second-order valence-corrected chi connectivity index (χ2v) is 8.49. The lowest BCUT2D eigenvalue weighted by Crippen LogP contribution is -2.16. The largest absolute Gasteiger partial charge is 0.386 e. The molecule has 0 aliphatic carbocycles. The molecule has 4 rings (SSSR count). The molecule has 0 fully saturated rings. The van der Waals surface area contributed by atoms with Gasteiger partial charge in [-0.15, -0.1) is 0 Å². The fourth-order valence-corrected chi connectivity index (χ4v) is 4.09. The molecule has 0 radical (unpaired) electrons. The molecular formula is C21H21N3O2S. The first-order valence-electron chi connectivity index (χ1n) is 8.89. The Labute approximate surface area is 162 Å². The van der Waals surface area contributed by atoms with Crippen LogP contribution in [-0.2, 0) is 16.8 Å². The third-order valence-electron chi connectivity index (χ3n) is 4.89. The lowest BCUT2D eigenvalue weighted by atomic mass is 9.96. The standard InChI is InChI=1S/C21H21N3O2S/c1-13(14-4-5-15-11-20(25)27-18(15)10-14)17-8-9-24(23-17)19-7-6-16(12-22-19)21(2,3)26/h4-10,12-13,26H,11H2,1-3H3. The van der Waals surface area contributed by atoms with E-state index in [0.717, 1.165) is 27.3 Å². The van der Waals surface area contributed by atoms with E-state index < -0.39 is 5.60 Å². The summed E-state index contributed by atoms with van der Waals surface area (Å²) in [6.07, 6.45) is 4.09. The highest BCUT2D eigenvalue weighted by molar-refractivity contribution is 8.14. The highest BCUT2D eigenvalue weighted by Crippen LogP contribution is 2.35. The molecule has 2 aromatic heterocycles. The summed E-state index contributed by atoms with van der Waals surface area (Å²) in [5.74, 6) is 0.819. The Morgan fingerprint density at radius 3 is 2.74 bits per heavy atom. The zero-order chi connectivity index (χ0) is 19.2. The second kappa shape index (κ2) is 6.62. The summed E-state index contributed by atoms with van der Waals surface area (Å²) in [4.78, 5) is 17.1. The minimum absolute atomic E-state index is 0.114. The van der Waals surface area contributed by atoms with E-state index in [1.807, 2.05) is 30.5 Å². The molecule has 5 nitrogen and oxygen atoms in total. The zero-order valence-corrected chi connectivity index (χ0v) is 16.3. The molecule has 3 aromatic rings. The van der Waals surface area contributed by atoms with Crippen LogP contribution in [0.1, 0.15) is 49.1 Å². The maximum absolute atomic E-state index is 11.6. The summed E-state index contributed by atoms with van der Waals surface area (Å²) in [5.41, 5.74) is 3.05. The number of carbonyl (C=O) groups excluding carboxylic acids is 1. The number of nitrogens with zero attached hydrogens (tertiary/aromatic N) is 3. The molecule has 3 heterocycles. The molecule has 27 heavy (non-hydrogen) atoms. The molecule has 0 saturated heterocycles. The Bertz CT molecular complexity index is 1000. The third kappa shape index (κ3) is 3.55. The van der Waals surface area contributed by atoms with Gasteiger partial charge in [-0.1, -0.05) is 36.9 Å². The van der Waals surface area contributed by atoms with Gasteiger partial charge in [-0.05, 0) is 43.2 Å². The molecule has 1 aromatic carbocycles. The lowest BCUT2D eigenvalue weighted by Gasteiger charge is -2.17. The van der Waals surface area contributed by atoms with Crippen LogP contribution < -0.4 is 0 Å². The minimum Gasteiger partial charge on any atom is -0.386 e. The summed E-state index contributed by atoms with van der Waals surface area (Å²) >= 11 is 1.33. The zero-order valence-electron chi connectivity index (χ0n) is 15.5. The van der Waals surface area contributed by atoms with Gasteiger partial charge in [0.2, 0.25) is 0 Å². The van der Waals surface area contributed by atoms with Gasteiger partial charge in [0.05, 0.1) is 11.3 Å². The first kappa shape index (κ1) is 17.9. The Hall–Kier alpha value is -2.44. The van der Waals surface area contributed by atoms with E-state index in [0.29, 0.717) is 12.2 Å². The molecule has 138 valence electrons. The number of aliphatic hydroxyl groups is 1. The van der Waals surface area contributed by atoms with Crippen LogP contribution in [0.25, 0.3) is 5.82 Å². The van der Waals surface area contributed by atoms with Crippen molar-refractivity contribution < 1.29 is 9.90 Å². The van der Waals surface area contributed by atoms with Crippen molar-refractivity contribution in [2.24, 2.45) is 0 Å². The molecular weight excluding hydrogens is 358 g/mol. The molecule has 1 atom stereocenters. The van der Waals surface area contributed by atoms with E-state index in [-0.39, 0.29) is 11.0 Å². The number of aromatic nitrogens is 3. The minimum atomic E-state index is -0.914. The van der Waals surface area contributed by atoms with Crippen molar-refractivity contribution in [2.75, 3.05) is 0 Å². The highest BCUT2D eigenvalue weighted by atomic mass is 32.2. The Morgan fingerprint density at radius 2 is 2.04 bits per heavy atom. The van der Waals surface area contributed by atoms with E-state index in [1.165, 1.54) is 11.8 Å². The Morgan fingerprint density at radius 1 is 1.22 bits per heavy atom. The van der Waals surface area contributed by atoms with Crippen LogP contribution in [0.15, 0.2) is 53.7 Å². The van der Waals surface area contributed by atoms with Crippen molar-refractivity contribution in [1.29, 1.82) is 0 Å². The molecule has 0 saturated carbocycles. The Kier molecular flexibility index (Phi) is 4.40. The number of hydrogen-bond acceptors (Lipinski definition) is 5. The fourth-order valence-electron chi connectivity index (χ4n) is 3.15. The van der Waals surface area contributed by atoms with Crippen LogP contribution in [0.3, 0.4) is 0 Å². The first-order chi connectivity index (χ1) is 12.8. The number of hydrogen-bond donors (Lipinski definition) is 1. The second-order valence-electron chi connectivity index (χ2n) is 7.39. The number of carbonyl (C=O) groups is 1. The van der Waals surface area contributed by atoms with E-state index in [2.05, 4.69) is 29.1 Å². The van der Waals surface area contributed by atoms with Crippen LogP contribution in [-0.4, -0.2) is 25.0 Å². The first-order valence-corrected chi connectivity index (χ1v) is 9.71. The van der Waals surface area contributed by atoms with Crippen molar-refractivity contribution in [2.45, 2.75) is 43.6 Å². The van der Waals surface area contributed by atoms with E-state index >= 15 is 0 Å². The lowest BCUT2D eigenvalue weighted by molar-refractivity contribution is -0.110. The smallest absolute Gasteiger partial charge is 0.198 e. The summed E-state index contributed by atoms with van der Waals surface area (Å²) in [7, 11) is 0. The quantitative estimate of drug-likeness (QED) is 0.746. The van der Waals surface area contributed by atoms with Crippen LogP contribution in [0.4, 0.5) is 0 Å². The van der Waals surface area contributed by atoms with Crippen LogP contribution in [0, 0.1) is 0 Å². The SMILES string of the molecule is CC(c1ccc2c(c1)SC(=O)C2)c1ccn(-c2ccc(C(C)(C)O)cn2)n1.